The molecule has 1 unspecified atom stereocenters. The third-order valence-electron chi connectivity index (χ3n) is 5.40. The molecule has 3 aromatic rings. The maximum absolute atomic E-state index is 13.8. The third kappa shape index (κ3) is 3.41. The summed E-state index contributed by atoms with van der Waals surface area (Å²) in [4.78, 5) is 32.5. The van der Waals surface area contributed by atoms with Crippen molar-refractivity contribution in [3.8, 4) is 5.88 Å². The van der Waals surface area contributed by atoms with Gasteiger partial charge in [-0.3, -0.25) is 4.79 Å². The Balaban J connectivity index is 1.63. The Bertz CT molecular complexity index is 1150. The van der Waals surface area contributed by atoms with Crippen LogP contribution in [0.2, 0.25) is 0 Å². The number of rotatable bonds is 5. The minimum atomic E-state index is -1.26. The first-order valence-electron chi connectivity index (χ1n) is 9.29. The second-order valence-electron chi connectivity index (χ2n) is 7.40. The number of carbonyl (C=O) groups is 1. The smallest absolute Gasteiger partial charge is 0.341 e. The lowest BCUT2D eigenvalue weighted by Gasteiger charge is -2.36. The number of carboxylic acids is 1. The number of hydrogen-bond acceptors (Lipinski definition) is 5. The predicted molar refractivity (Wildman–Crippen MR) is 106 cm³/mol. The Kier molecular flexibility index (Phi) is 4.70. The van der Waals surface area contributed by atoms with Crippen LogP contribution in [0.4, 0.5) is 10.1 Å². The molecule has 7 nitrogen and oxygen atoms in total. The highest BCUT2D eigenvalue weighted by molar-refractivity contribution is 5.93. The average Bonchev–Trinajstić information content (AvgIpc) is 3.09. The van der Waals surface area contributed by atoms with Crippen molar-refractivity contribution < 1.29 is 19.0 Å². The SMILES string of the molecule is CC1(COc2ncccc2F)CCCN1c1ccc2c(=O)c(C(=O)O)c[nH]c2c1. The van der Waals surface area contributed by atoms with E-state index in [-0.39, 0.29) is 23.6 Å². The minimum absolute atomic E-state index is 0.0235. The molecule has 0 saturated carbocycles. The number of fused-ring (bicyclic) bond motifs is 1. The first-order chi connectivity index (χ1) is 13.9. The van der Waals surface area contributed by atoms with E-state index in [0.29, 0.717) is 10.9 Å². The van der Waals surface area contributed by atoms with Crippen LogP contribution >= 0.6 is 0 Å². The van der Waals surface area contributed by atoms with Crippen LogP contribution < -0.4 is 15.1 Å². The van der Waals surface area contributed by atoms with Gasteiger partial charge in [0.25, 0.3) is 0 Å². The summed E-state index contributed by atoms with van der Waals surface area (Å²) in [5, 5.41) is 9.44. The lowest BCUT2D eigenvalue weighted by Crippen LogP contribution is -2.46. The van der Waals surface area contributed by atoms with Gasteiger partial charge in [-0.1, -0.05) is 0 Å². The second-order valence-corrected chi connectivity index (χ2v) is 7.40. The summed E-state index contributed by atoms with van der Waals surface area (Å²) in [6.45, 7) is 3.09. The molecule has 2 aromatic heterocycles. The molecule has 0 bridgehead atoms. The minimum Gasteiger partial charge on any atom is -0.477 e. The number of benzene rings is 1. The van der Waals surface area contributed by atoms with Gasteiger partial charge < -0.3 is 19.7 Å². The zero-order valence-corrected chi connectivity index (χ0v) is 15.8. The molecule has 2 N–H and O–H groups in total. The van der Waals surface area contributed by atoms with E-state index in [9.17, 15) is 14.0 Å². The van der Waals surface area contributed by atoms with E-state index < -0.39 is 17.2 Å². The number of pyridine rings is 2. The number of aromatic amines is 1. The second kappa shape index (κ2) is 7.20. The van der Waals surface area contributed by atoms with Crippen LogP contribution in [-0.2, 0) is 0 Å². The number of ether oxygens (including phenoxy) is 1. The molecule has 1 aliphatic rings. The molecule has 1 saturated heterocycles. The fourth-order valence-corrected chi connectivity index (χ4v) is 3.85. The number of anilines is 1. The lowest BCUT2D eigenvalue weighted by atomic mass is 9.99. The van der Waals surface area contributed by atoms with E-state index >= 15 is 0 Å². The fourth-order valence-electron chi connectivity index (χ4n) is 3.85. The van der Waals surface area contributed by atoms with Gasteiger partial charge in [0, 0.05) is 30.0 Å². The van der Waals surface area contributed by atoms with Crippen molar-refractivity contribution in [2.75, 3.05) is 18.1 Å². The summed E-state index contributed by atoms with van der Waals surface area (Å²) in [7, 11) is 0. The van der Waals surface area contributed by atoms with E-state index in [4.69, 9.17) is 9.84 Å². The molecule has 3 heterocycles. The van der Waals surface area contributed by atoms with E-state index in [1.54, 1.807) is 12.1 Å². The first kappa shape index (κ1) is 18.9. The molecule has 1 fully saturated rings. The van der Waals surface area contributed by atoms with E-state index in [1.807, 2.05) is 13.0 Å². The van der Waals surface area contributed by atoms with Gasteiger partial charge in [-0.15, -0.1) is 0 Å². The van der Waals surface area contributed by atoms with Crippen molar-refractivity contribution in [2.24, 2.45) is 0 Å². The number of nitrogens with one attached hydrogen (secondary N) is 1. The summed E-state index contributed by atoms with van der Waals surface area (Å²) in [6, 6.07) is 8.08. The molecule has 0 amide bonds. The van der Waals surface area contributed by atoms with Gasteiger partial charge in [-0.25, -0.2) is 14.2 Å². The summed E-state index contributed by atoms with van der Waals surface area (Å²) in [6.07, 6.45) is 4.50. The van der Waals surface area contributed by atoms with Crippen LogP contribution in [0.3, 0.4) is 0 Å². The summed E-state index contributed by atoms with van der Waals surface area (Å²) < 4.78 is 19.5. The molecule has 8 heteroatoms. The van der Waals surface area contributed by atoms with Gasteiger partial charge in [-0.05, 0) is 50.1 Å². The van der Waals surface area contributed by atoms with Crippen LogP contribution in [0.1, 0.15) is 30.1 Å². The molecule has 0 aliphatic carbocycles. The Labute approximate surface area is 165 Å². The average molecular weight is 397 g/mol. The molecule has 150 valence electrons. The topological polar surface area (TPSA) is 95.5 Å². The highest BCUT2D eigenvalue weighted by Crippen LogP contribution is 2.35. The van der Waals surface area contributed by atoms with Crippen molar-refractivity contribution in [1.82, 2.24) is 9.97 Å². The number of H-pyrrole nitrogens is 1. The summed E-state index contributed by atoms with van der Waals surface area (Å²) >= 11 is 0. The van der Waals surface area contributed by atoms with Crippen LogP contribution in [0.25, 0.3) is 10.9 Å². The van der Waals surface area contributed by atoms with Gasteiger partial charge in [0.15, 0.2) is 5.82 Å². The number of nitrogens with zero attached hydrogens (tertiary/aromatic N) is 2. The van der Waals surface area contributed by atoms with Gasteiger partial charge in [-0.2, -0.15) is 0 Å². The maximum Gasteiger partial charge on any atom is 0.341 e. The Hall–Kier alpha value is -3.42. The quantitative estimate of drug-likeness (QED) is 0.687. The van der Waals surface area contributed by atoms with Crippen molar-refractivity contribution in [1.29, 1.82) is 0 Å². The molecular weight excluding hydrogens is 377 g/mol. The van der Waals surface area contributed by atoms with Crippen molar-refractivity contribution in [3.05, 3.63) is 64.3 Å². The Morgan fingerprint density at radius 2 is 2.24 bits per heavy atom. The van der Waals surface area contributed by atoms with Crippen molar-refractivity contribution in [3.63, 3.8) is 0 Å². The van der Waals surface area contributed by atoms with E-state index in [0.717, 1.165) is 25.1 Å². The molecule has 0 spiro atoms. The molecule has 1 atom stereocenters. The van der Waals surface area contributed by atoms with Crippen LogP contribution in [0.5, 0.6) is 5.88 Å². The van der Waals surface area contributed by atoms with E-state index in [2.05, 4.69) is 14.9 Å². The van der Waals surface area contributed by atoms with Crippen LogP contribution in [-0.4, -0.2) is 39.7 Å². The molecule has 4 rings (SSSR count). The molecule has 1 aromatic carbocycles. The highest BCUT2D eigenvalue weighted by Gasteiger charge is 2.38. The van der Waals surface area contributed by atoms with Gasteiger partial charge in [0.2, 0.25) is 11.3 Å². The standard InChI is InChI=1S/C21H20FN3O4/c1-21(12-29-19-16(22)4-2-8-23-19)7-3-9-25(21)13-5-6-14-17(10-13)24-11-15(18(14)26)20(27)28/h2,4-6,8,10-11H,3,7,9,12H2,1H3,(H,24,26)(H,27,28). The Morgan fingerprint density at radius 3 is 3.00 bits per heavy atom. The molecule has 29 heavy (non-hydrogen) atoms. The molecule has 1 aliphatic heterocycles. The summed E-state index contributed by atoms with van der Waals surface area (Å²) in [5.74, 6) is -1.79. The van der Waals surface area contributed by atoms with Crippen molar-refractivity contribution >= 4 is 22.6 Å². The molecular formula is C21H20FN3O4. The number of hydrogen-bond donors (Lipinski definition) is 2. The van der Waals surface area contributed by atoms with Gasteiger partial charge in [0.1, 0.15) is 12.2 Å². The zero-order chi connectivity index (χ0) is 20.6. The van der Waals surface area contributed by atoms with E-state index in [1.165, 1.54) is 24.5 Å². The largest absolute Gasteiger partial charge is 0.477 e. The lowest BCUT2D eigenvalue weighted by molar-refractivity contribution is 0.0695. The number of carboxylic acid groups (broad SMARTS) is 1. The van der Waals surface area contributed by atoms with Gasteiger partial charge >= 0.3 is 5.97 Å². The number of aromatic carboxylic acids is 1. The third-order valence-corrected chi connectivity index (χ3v) is 5.40. The molecule has 0 radical (unpaired) electrons. The Morgan fingerprint density at radius 1 is 1.41 bits per heavy atom. The highest BCUT2D eigenvalue weighted by atomic mass is 19.1. The monoisotopic (exact) mass is 397 g/mol. The van der Waals surface area contributed by atoms with Crippen molar-refractivity contribution in [2.45, 2.75) is 25.3 Å². The predicted octanol–water partition coefficient (Wildman–Crippen LogP) is 3.20. The van der Waals surface area contributed by atoms with Gasteiger partial charge in [0.05, 0.1) is 11.1 Å². The maximum atomic E-state index is 13.8. The van der Waals surface area contributed by atoms with Crippen LogP contribution in [0, 0.1) is 5.82 Å². The normalized spacial score (nSPS) is 18.9. The zero-order valence-electron chi connectivity index (χ0n) is 15.8. The number of aromatic nitrogens is 2. The first-order valence-corrected chi connectivity index (χ1v) is 9.29. The summed E-state index contributed by atoms with van der Waals surface area (Å²) in [5.41, 5.74) is 0.251. The van der Waals surface area contributed by atoms with Crippen LogP contribution in [0.15, 0.2) is 47.5 Å². The fraction of sp³-hybridized carbons (Fsp3) is 0.286. The number of halogens is 1.